The maximum atomic E-state index is 13.1. The van der Waals surface area contributed by atoms with Crippen molar-refractivity contribution in [3.63, 3.8) is 0 Å². The van der Waals surface area contributed by atoms with Gasteiger partial charge >= 0.3 is 11.9 Å². The molecule has 0 fully saturated rings. The van der Waals surface area contributed by atoms with E-state index in [0.29, 0.717) is 43.8 Å². The van der Waals surface area contributed by atoms with Crippen molar-refractivity contribution in [1.29, 1.82) is 0 Å². The number of phenolic OH excluding ortho intramolecular Hbond substituents is 2. The van der Waals surface area contributed by atoms with Gasteiger partial charge in [0.1, 0.15) is 17.6 Å². The van der Waals surface area contributed by atoms with Crippen molar-refractivity contribution < 1.29 is 29.3 Å². The Balaban J connectivity index is 1.69. The van der Waals surface area contributed by atoms with Crippen molar-refractivity contribution in [3.05, 3.63) is 57.6 Å². The Labute approximate surface area is 355 Å². The van der Waals surface area contributed by atoms with Gasteiger partial charge in [0.05, 0.1) is 6.61 Å². The van der Waals surface area contributed by atoms with Gasteiger partial charge in [-0.05, 0) is 100.0 Å². The normalized spacial score (nSPS) is 13.1. The number of unbranched alkanes of at least 4 members (excludes halogenated alkanes) is 11. The average Bonchev–Trinajstić information content (AvgIpc) is 3.10. The van der Waals surface area contributed by atoms with Crippen LogP contribution in [0.4, 0.5) is 0 Å². The van der Waals surface area contributed by atoms with Gasteiger partial charge in [-0.15, -0.1) is 0 Å². The maximum Gasteiger partial charge on any atom is 0.306 e. The summed E-state index contributed by atoms with van der Waals surface area (Å²) in [5.74, 6) is 0.473. The van der Waals surface area contributed by atoms with Gasteiger partial charge in [-0.3, -0.25) is 9.59 Å². The van der Waals surface area contributed by atoms with Crippen LogP contribution < -0.4 is 0 Å². The number of aromatic hydroxyl groups is 2. The number of rotatable bonds is 24. The van der Waals surface area contributed by atoms with E-state index in [4.69, 9.17) is 9.47 Å². The predicted molar refractivity (Wildman–Crippen MR) is 243 cm³/mol. The van der Waals surface area contributed by atoms with Crippen LogP contribution in [0.25, 0.3) is 0 Å². The van der Waals surface area contributed by atoms with Gasteiger partial charge < -0.3 is 19.7 Å². The van der Waals surface area contributed by atoms with Gasteiger partial charge in [0.15, 0.2) is 0 Å². The van der Waals surface area contributed by atoms with Crippen molar-refractivity contribution >= 4 is 11.9 Å². The van der Waals surface area contributed by atoms with Gasteiger partial charge in [-0.2, -0.15) is 0 Å². The second-order valence-electron chi connectivity index (χ2n) is 21.2. The highest BCUT2D eigenvalue weighted by molar-refractivity contribution is 5.70. The molecule has 0 spiro atoms. The lowest BCUT2D eigenvalue weighted by Crippen LogP contribution is -2.20. The minimum Gasteiger partial charge on any atom is -0.507 e. The van der Waals surface area contributed by atoms with Crippen LogP contribution in [0.3, 0.4) is 0 Å². The smallest absolute Gasteiger partial charge is 0.306 e. The summed E-state index contributed by atoms with van der Waals surface area (Å²) < 4.78 is 11.7. The molecule has 2 rings (SSSR count). The van der Waals surface area contributed by atoms with Crippen LogP contribution in [0.5, 0.6) is 11.5 Å². The molecule has 0 amide bonds. The van der Waals surface area contributed by atoms with Crippen LogP contribution in [0, 0.1) is 0 Å². The summed E-state index contributed by atoms with van der Waals surface area (Å²) in [6.07, 6.45) is 18.7. The second-order valence-corrected chi connectivity index (χ2v) is 21.2. The van der Waals surface area contributed by atoms with Crippen LogP contribution in [-0.2, 0) is 53.6 Å². The summed E-state index contributed by atoms with van der Waals surface area (Å²) in [6, 6.07) is 8.25. The fraction of sp³-hybridized carbons (Fsp3) is 0.731. The number of carbonyl (C=O) groups is 2. The Morgan fingerprint density at radius 3 is 1.19 bits per heavy atom. The van der Waals surface area contributed by atoms with E-state index in [1.54, 1.807) is 0 Å². The molecule has 2 N–H and O–H groups in total. The zero-order valence-corrected chi connectivity index (χ0v) is 39.6. The fourth-order valence-electron chi connectivity index (χ4n) is 7.73. The first kappa shape index (κ1) is 51.1. The Morgan fingerprint density at radius 2 is 0.828 bits per heavy atom. The summed E-state index contributed by atoms with van der Waals surface area (Å²) in [5.41, 5.74) is 5.07. The standard InChI is InChI=1S/C52H86O6/c1-14-15-16-24-27-40(58-46(54)32-30-39-36-43(51(8,9)10)48(56)44(37-39)52(11,12)13)28-25-22-20-18-17-19-21-23-26-33-57-45(53)31-29-38-34-41(49(2,3)4)47(55)42(35-38)50(5,6)7/h34-37,40,55-56H,14-33H2,1-13H3. The van der Waals surface area contributed by atoms with E-state index in [-0.39, 0.29) is 39.7 Å². The first-order chi connectivity index (χ1) is 26.9. The minimum atomic E-state index is -0.199. The lowest BCUT2D eigenvalue weighted by atomic mass is 9.78. The van der Waals surface area contributed by atoms with Crippen LogP contribution in [0.2, 0.25) is 0 Å². The Kier molecular flexibility index (Phi) is 20.9. The van der Waals surface area contributed by atoms with Gasteiger partial charge in [0, 0.05) is 12.8 Å². The third-order valence-corrected chi connectivity index (χ3v) is 11.4. The second kappa shape index (κ2) is 23.7. The predicted octanol–water partition coefficient (Wildman–Crippen LogP) is 14.2. The summed E-state index contributed by atoms with van der Waals surface area (Å²) in [4.78, 5) is 25.7. The van der Waals surface area contributed by atoms with E-state index in [0.717, 1.165) is 84.7 Å². The van der Waals surface area contributed by atoms with E-state index in [1.165, 1.54) is 44.9 Å². The van der Waals surface area contributed by atoms with E-state index in [1.807, 2.05) is 12.1 Å². The van der Waals surface area contributed by atoms with Crippen molar-refractivity contribution in [2.45, 2.75) is 240 Å². The molecule has 6 nitrogen and oxygen atoms in total. The molecule has 0 radical (unpaired) electrons. The van der Waals surface area contributed by atoms with E-state index in [9.17, 15) is 19.8 Å². The van der Waals surface area contributed by atoms with E-state index >= 15 is 0 Å². The monoisotopic (exact) mass is 807 g/mol. The number of aryl methyl sites for hydroxylation is 2. The summed E-state index contributed by atoms with van der Waals surface area (Å²) in [6.45, 7) is 28.0. The molecule has 6 heteroatoms. The molecule has 0 heterocycles. The van der Waals surface area contributed by atoms with Gasteiger partial charge in [0.25, 0.3) is 0 Å². The van der Waals surface area contributed by atoms with Crippen molar-refractivity contribution in [3.8, 4) is 11.5 Å². The molecule has 0 saturated heterocycles. The number of esters is 2. The summed E-state index contributed by atoms with van der Waals surface area (Å²) in [7, 11) is 0. The molecular weight excluding hydrogens is 721 g/mol. The quantitative estimate of drug-likeness (QED) is 0.0811. The number of ether oxygens (including phenoxy) is 2. The molecule has 1 unspecified atom stereocenters. The molecule has 0 aliphatic rings. The molecule has 0 aliphatic carbocycles. The molecule has 0 aliphatic heterocycles. The highest BCUT2D eigenvalue weighted by atomic mass is 16.5. The van der Waals surface area contributed by atoms with Gasteiger partial charge in [-0.1, -0.05) is 178 Å². The van der Waals surface area contributed by atoms with Crippen LogP contribution in [0.15, 0.2) is 24.3 Å². The van der Waals surface area contributed by atoms with Crippen LogP contribution in [0.1, 0.15) is 233 Å². The number of carbonyl (C=O) groups excluding carboxylic acids is 2. The minimum absolute atomic E-state index is 0.0102. The highest BCUT2D eigenvalue weighted by Crippen LogP contribution is 2.41. The average molecular weight is 807 g/mol. The van der Waals surface area contributed by atoms with Crippen LogP contribution >= 0.6 is 0 Å². The first-order valence-corrected chi connectivity index (χ1v) is 23.0. The molecule has 58 heavy (non-hydrogen) atoms. The van der Waals surface area contributed by atoms with Gasteiger partial charge in [0.2, 0.25) is 0 Å². The zero-order valence-electron chi connectivity index (χ0n) is 39.6. The van der Waals surface area contributed by atoms with Crippen molar-refractivity contribution in [1.82, 2.24) is 0 Å². The Bertz CT molecular complexity index is 1470. The molecular formula is C52H86O6. The largest absolute Gasteiger partial charge is 0.507 e. The molecule has 2 aromatic carbocycles. The SMILES string of the molecule is CCCCCCC(CCCCCCCCCCCOC(=O)CCc1cc(C(C)(C)C)c(O)c(C(C)(C)C)c1)OC(=O)CCc1cc(C(C)(C)C)c(O)c(C(C)(C)C)c1. The Morgan fingerprint density at radius 1 is 0.500 bits per heavy atom. The Hall–Kier alpha value is -3.02. The highest BCUT2D eigenvalue weighted by Gasteiger charge is 2.28. The maximum absolute atomic E-state index is 13.1. The lowest BCUT2D eigenvalue weighted by molar-refractivity contribution is -0.150. The number of benzene rings is 2. The van der Waals surface area contributed by atoms with Crippen molar-refractivity contribution in [2.75, 3.05) is 6.61 Å². The topological polar surface area (TPSA) is 93.1 Å². The molecule has 2 aromatic rings. The van der Waals surface area contributed by atoms with Crippen LogP contribution in [-0.4, -0.2) is 34.9 Å². The zero-order chi connectivity index (χ0) is 43.7. The van der Waals surface area contributed by atoms with Gasteiger partial charge in [-0.25, -0.2) is 0 Å². The molecule has 0 saturated carbocycles. The summed E-state index contributed by atoms with van der Waals surface area (Å²) in [5, 5.41) is 22.1. The fourth-order valence-corrected chi connectivity index (χ4v) is 7.73. The molecule has 0 aromatic heterocycles. The number of phenols is 2. The number of hydrogen-bond acceptors (Lipinski definition) is 6. The first-order valence-electron chi connectivity index (χ1n) is 23.0. The lowest BCUT2D eigenvalue weighted by Gasteiger charge is -2.28. The third-order valence-electron chi connectivity index (χ3n) is 11.4. The third kappa shape index (κ3) is 18.5. The van der Waals surface area contributed by atoms with E-state index < -0.39 is 0 Å². The molecule has 1 atom stereocenters. The number of hydrogen-bond donors (Lipinski definition) is 2. The van der Waals surface area contributed by atoms with Crippen molar-refractivity contribution in [2.24, 2.45) is 0 Å². The molecule has 0 bridgehead atoms. The summed E-state index contributed by atoms with van der Waals surface area (Å²) >= 11 is 0. The molecule has 330 valence electrons. The van der Waals surface area contributed by atoms with E-state index in [2.05, 4.69) is 102 Å².